The standard InChI is InChI=1S/C9H14O4/c1-4-6(10)7(9(12)13)8(11)5(2)3/h5,11H,4H2,1-3H3,(H,12,13)/b8-7+. The summed E-state index contributed by atoms with van der Waals surface area (Å²) < 4.78 is 0. The molecule has 13 heavy (non-hydrogen) atoms. The summed E-state index contributed by atoms with van der Waals surface area (Å²) in [6, 6.07) is 0. The van der Waals surface area contributed by atoms with Crippen LogP contribution in [0.2, 0.25) is 0 Å². The molecule has 0 heterocycles. The van der Waals surface area contributed by atoms with Gasteiger partial charge in [0.1, 0.15) is 11.3 Å². The number of allylic oxidation sites excluding steroid dienone is 1. The fourth-order valence-electron chi connectivity index (χ4n) is 0.837. The van der Waals surface area contributed by atoms with Crippen molar-refractivity contribution in [2.24, 2.45) is 5.92 Å². The predicted octanol–water partition coefficient (Wildman–Crippen LogP) is 1.52. The molecule has 0 atom stereocenters. The topological polar surface area (TPSA) is 74.6 Å². The second-order valence-corrected chi connectivity index (χ2v) is 3.00. The van der Waals surface area contributed by atoms with Gasteiger partial charge in [-0.05, 0) is 0 Å². The average Bonchev–Trinajstić information content (AvgIpc) is 2.03. The molecule has 4 nitrogen and oxygen atoms in total. The Morgan fingerprint density at radius 1 is 1.23 bits per heavy atom. The first-order chi connectivity index (χ1) is 5.91. The number of aliphatic carboxylic acids is 1. The first-order valence-corrected chi connectivity index (χ1v) is 4.11. The highest BCUT2D eigenvalue weighted by atomic mass is 16.4. The maximum absolute atomic E-state index is 11.1. The van der Waals surface area contributed by atoms with E-state index in [0.29, 0.717) is 0 Å². The molecule has 0 saturated carbocycles. The van der Waals surface area contributed by atoms with E-state index in [4.69, 9.17) is 5.11 Å². The van der Waals surface area contributed by atoms with Gasteiger partial charge < -0.3 is 10.2 Å². The zero-order valence-electron chi connectivity index (χ0n) is 8.00. The molecule has 0 bridgehead atoms. The summed E-state index contributed by atoms with van der Waals surface area (Å²) in [6.45, 7) is 4.81. The Bertz CT molecular complexity index is 250. The van der Waals surface area contributed by atoms with E-state index in [-0.39, 0.29) is 18.1 Å². The fourth-order valence-corrected chi connectivity index (χ4v) is 0.837. The molecule has 0 rings (SSSR count). The van der Waals surface area contributed by atoms with Gasteiger partial charge in [0.25, 0.3) is 0 Å². The van der Waals surface area contributed by atoms with E-state index in [1.165, 1.54) is 0 Å². The smallest absolute Gasteiger partial charge is 0.342 e. The van der Waals surface area contributed by atoms with Crippen LogP contribution in [0.1, 0.15) is 27.2 Å². The van der Waals surface area contributed by atoms with Crippen molar-refractivity contribution in [3.8, 4) is 0 Å². The molecule has 74 valence electrons. The van der Waals surface area contributed by atoms with E-state index in [2.05, 4.69) is 0 Å². The number of carboxylic acid groups (broad SMARTS) is 1. The SMILES string of the molecule is CCC(=O)/C(C(=O)O)=C(\O)C(C)C. The lowest BCUT2D eigenvalue weighted by atomic mass is 10.0. The first-order valence-electron chi connectivity index (χ1n) is 4.11. The summed E-state index contributed by atoms with van der Waals surface area (Å²) in [6.07, 6.45) is 0.0818. The molecule has 4 heteroatoms. The zero-order valence-corrected chi connectivity index (χ0v) is 8.00. The van der Waals surface area contributed by atoms with Crippen LogP contribution in [0.25, 0.3) is 0 Å². The van der Waals surface area contributed by atoms with Gasteiger partial charge in [-0.15, -0.1) is 0 Å². The number of ketones is 1. The molecule has 2 N–H and O–H groups in total. The third kappa shape index (κ3) is 2.89. The zero-order chi connectivity index (χ0) is 10.6. The van der Waals surface area contributed by atoms with Crippen LogP contribution < -0.4 is 0 Å². The van der Waals surface area contributed by atoms with Gasteiger partial charge in [-0.25, -0.2) is 4.79 Å². The lowest BCUT2D eigenvalue weighted by Crippen LogP contribution is -2.16. The van der Waals surface area contributed by atoms with Crippen molar-refractivity contribution in [3.63, 3.8) is 0 Å². The average molecular weight is 186 g/mol. The molecule has 0 amide bonds. The molecule has 0 aliphatic rings. The molecule has 0 aromatic carbocycles. The van der Waals surface area contributed by atoms with Crippen molar-refractivity contribution in [3.05, 3.63) is 11.3 Å². The molecule has 0 aliphatic heterocycles. The van der Waals surface area contributed by atoms with E-state index in [1.54, 1.807) is 20.8 Å². The Morgan fingerprint density at radius 3 is 1.92 bits per heavy atom. The number of aliphatic hydroxyl groups is 1. The van der Waals surface area contributed by atoms with Gasteiger partial charge in [0.15, 0.2) is 5.78 Å². The van der Waals surface area contributed by atoms with Crippen molar-refractivity contribution in [2.45, 2.75) is 27.2 Å². The second kappa shape index (κ2) is 4.64. The van der Waals surface area contributed by atoms with Gasteiger partial charge >= 0.3 is 5.97 Å². The van der Waals surface area contributed by atoms with Gasteiger partial charge in [-0.3, -0.25) is 4.79 Å². The molecular formula is C9H14O4. The minimum atomic E-state index is -1.36. The van der Waals surface area contributed by atoms with Crippen molar-refractivity contribution in [1.82, 2.24) is 0 Å². The van der Waals surface area contributed by atoms with Crippen LogP contribution >= 0.6 is 0 Å². The van der Waals surface area contributed by atoms with Crippen LogP contribution in [0, 0.1) is 5.92 Å². The second-order valence-electron chi connectivity index (χ2n) is 3.00. The number of Topliss-reactive ketones (excluding diaryl/α,β-unsaturated/α-hetero) is 1. The number of carbonyl (C=O) groups is 2. The summed E-state index contributed by atoms with van der Waals surface area (Å²) in [5.74, 6) is -2.60. The summed E-state index contributed by atoms with van der Waals surface area (Å²) in [4.78, 5) is 21.7. The summed E-state index contributed by atoms with van der Waals surface area (Å²) in [5, 5.41) is 18.0. The summed E-state index contributed by atoms with van der Waals surface area (Å²) >= 11 is 0. The van der Waals surface area contributed by atoms with E-state index in [1.807, 2.05) is 0 Å². The number of hydrogen-bond donors (Lipinski definition) is 2. The van der Waals surface area contributed by atoms with Crippen LogP contribution in [0.5, 0.6) is 0 Å². The molecule has 0 saturated heterocycles. The molecule has 0 radical (unpaired) electrons. The van der Waals surface area contributed by atoms with Crippen LogP contribution in [0.15, 0.2) is 11.3 Å². The molecule has 0 unspecified atom stereocenters. The van der Waals surface area contributed by atoms with Crippen molar-refractivity contribution in [1.29, 1.82) is 0 Å². The number of carboxylic acids is 1. The lowest BCUT2D eigenvalue weighted by Gasteiger charge is -2.07. The maximum Gasteiger partial charge on any atom is 0.342 e. The van der Waals surface area contributed by atoms with Gasteiger partial charge in [0, 0.05) is 12.3 Å². The minimum absolute atomic E-state index is 0.0818. The molecular weight excluding hydrogens is 172 g/mol. The maximum atomic E-state index is 11.1. The third-order valence-electron chi connectivity index (χ3n) is 1.62. The molecule has 0 aromatic heterocycles. The first kappa shape index (κ1) is 11.7. The molecule has 0 fully saturated rings. The Balaban J connectivity index is 5.12. The van der Waals surface area contributed by atoms with E-state index < -0.39 is 17.3 Å². The number of aliphatic hydroxyl groups excluding tert-OH is 1. The van der Waals surface area contributed by atoms with Gasteiger partial charge in [-0.2, -0.15) is 0 Å². The monoisotopic (exact) mass is 186 g/mol. The highest BCUT2D eigenvalue weighted by Crippen LogP contribution is 2.14. The van der Waals surface area contributed by atoms with Crippen LogP contribution in [-0.4, -0.2) is 22.0 Å². The normalized spacial score (nSPS) is 12.6. The van der Waals surface area contributed by atoms with Gasteiger partial charge in [0.2, 0.25) is 0 Å². The van der Waals surface area contributed by atoms with Crippen LogP contribution in [0.3, 0.4) is 0 Å². The Morgan fingerprint density at radius 2 is 1.69 bits per heavy atom. The van der Waals surface area contributed by atoms with Crippen LogP contribution in [-0.2, 0) is 9.59 Å². The largest absolute Gasteiger partial charge is 0.511 e. The van der Waals surface area contributed by atoms with Gasteiger partial charge in [-0.1, -0.05) is 20.8 Å². The highest BCUT2D eigenvalue weighted by Gasteiger charge is 2.22. The molecule has 0 aromatic rings. The van der Waals surface area contributed by atoms with Crippen LogP contribution in [0.4, 0.5) is 0 Å². The predicted molar refractivity (Wildman–Crippen MR) is 47.4 cm³/mol. The van der Waals surface area contributed by atoms with E-state index >= 15 is 0 Å². The Hall–Kier alpha value is -1.32. The third-order valence-corrected chi connectivity index (χ3v) is 1.62. The van der Waals surface area contributed by atoms with E-state index in [0.717, 1.165) is 0 Å². The molecule has 0 aliphatic carbocycles. The Kier molecular flexibility index (Phi) is 4.17. The number of rotatable bonds is 4. The molecule has 0 spiro atoms. The highest BCUT2D eigenvalue weighted by molar-refractivity contribution is 6.16. The number of carbonyl (C=O) groups excluding carboxylic acids is 1. The Labute approximate surface area is 76.9 Å². The van der Waals surface area contributed by atoms with Crippen molar-refractivity contribution in [2.75, 3.05) is 0 Å². The van der Waals surface area contributed by atoms with E-state index in [9.17, 15) is 14.7 Å². The van der Waals surface area contributed by atoms with Crippen molar-refractivity contribution >= 4 is 11.8 Å². The lowest BCUT2D eigenvalue weighted by molar-refractivity contribution is -0.135. The van der Waals surface area contributed by atoms with Gasteiger partial charge in [0.05, 0.1) is 0 Å². The fraction of sp³-hybridized carbons (Fsp3) is 0.556. The van der Waals surface area contributed by atoms with Crippen molar-refractivity contribution < 1.29 is 19.8 Å². The minimum Gasteiger partial charge on any atom is -0.511 e. The number of hydrogen-bond acceptors (Lipinski definition) is 3. The quantitative estimate of drug-likeness (QED) is 0.302. The summed E-state index contributed by atoms with van der Waals surface area (Å²) in [5.41, 5.74) is -0.488. The summed E-state index contributed by atoms with van der Waals surface area (Å²) in [7, 11) is 0.